The summed E-state index contributed by atoms with van der Waals surface area (Å²) in [6, 6.07) is 4.60. The van der Waals surface area contributed by atoms with Gasteiger partial charge in [-0.3, -0.25) is 4.79 Å². The number of rotatable bonds is 3. The van der Waals surface area contributed by atoms with Crippen molar-refractivity contribution < 1.29 is 18.7 Å². The van der Waals surface area contributed by atoms with Gasteiger partial charge in [-0.1, -0.05) is 31.9 Å². The van der Waals surface area contributed by atoms with E-state index in [1.165, 1.54) is 6.07 Å². The summed E-state index contributed by atoms with van der Waals surface area (Å²) in [5.41, 5.74) is 0.0982. The fourth-order valence-corrected chi connectivity index (χ4v) is 2.28. The van der Waals surface area contributed by atoms with Crippen LogP contribution in [0.4, 0.5) is 4.39 Å². The third kappa shape index (κ3) is 2.89. The lowest BCUT2D eigenvalue weighted by atomic mass is 10.1. The second-order valence-electron chi connectivity index (χ2n) is 2.87. The molecule has 3 nitrogen and oxygen atoms in total. The van der Waals surface area contributed by atoms with E-state index in [1.807, 2.05) is 0 Å². The molecule has 0 aliphatic heterocycles. The van der Waals surface area contributed by atoms with Gasteiger partial charge in [0.1, 0.15) is 0 Å². The fraction of sp³-hybridized carbons (Fsp3) is 0.200. The number of methoxy groups -OCH3 is 1. The van der Waals surface area contributed by atoms with Gasteiger partial charge in [0, 0.05) is 14.5 Å². The Hall–Kier alpha value is -0.750. The van der Waals surface area contributed by atoms with Crippen LogP contribution in [0.15, 0.2) is 27.1 Å². The zero-order chi connectivity index (χ0) is 12.3. The number of benzene rings is 1. The topological polar surface area (TPSA) is 43.4 Å². The number of halogens is 3. The lowest BCUT2D eigenvalue weighted by Gasteiger charge is -2.07. The second-order valence-corrected chi connectivity index (χ2v) is 4.64. The molecule has 1 aromatic carbocycles. The van der Waals surface area contributed by atoms with Gasteiger partial charge in [-0.2, -0.15) is 0 Å². The van der Waals surface area contributed by atoms with Crippen LogP contribution in [-0.2, 0) is 9.53 Å². The molecule has 6 heteroatoms. The number of ether oxygens (including phenoxy) is 1. The molecule has 0 aliphatic carbocycles. The maximum atomic E-state index is 13.3. The first kappa shape index (κ1) is 13.3. The Labute approximate surface area is 108 Å². The molecule has 86 valence electrons. The van der Waals surface area contributed by atoms with Gasteiger partial charge in [-0.25, -0.2) is 9.18 Å². The average molecular weight is 354 g/mol. The molecule has 0 saturated carbocycles. The molecule has 0 bridgehead atoms. The van der Waals surface area contributed by atoms with Gasteiger partial charge < -0.3 is 4.74 Å². The van der Waals surface area contributed by atoms with E-state index in [2.05, 4.69) is 36.6 Å². The van der Waals surface area contributed by atoms with E-state index in [9.17, 15) is 14.0 Å². The summed E-state index contributed by atoms with van der Waals surface area (Å²) in [7, 11) is 1.03. The number of hydrogen-bond donors (Lipinski definition) is 0. The molecule has 0 aromatic heterocycles. The van der Waals surface area contributed by atoms with Crippen molar-refractivity contribution in [1.82, 2.24) is 0 Å². The van der Waals surface area contributed by atoms with Crippen molar-refractivity contribution in [1.29, 1.82) is 0 Å². The summed E-state index contributed by atoms with van der Waals surface area (Å²) >= 11 is 6.32. The zero-order valence-corrected chi connectivity index (χ0v) is 11.3. The summed E-state index contributed by atoms with van der Waals surface area (Å²) in [6.45, 7) is 0. The maximum Gasteiger partial charge on any atom is 0.348 e. The predicted molar refractivity (Wildman–Crippen MR) is 63.1 cm³/mol. The van der Waals surface area contributed by atoms with Crippen molar-refractivity contribution in [3.8, 4) is 0 Å². The highest BCUT2D eigenvalue weighted by Crippen LogP contribution is 2.23. The molecule has 0 radical (unpaired) electrons. The van der Waals surface area contributed by atoms with Crippen LogP contribution in [0.5, 0.6) is 0 Å². The Bertz CT molecular complexity index is 434. The Balaban J connectivity index is 3.01. The van der Waals surface area contributed by atoms with Crippen molar-refractivity contribution in [2.45, 2.75) is 6.17 Å². The summed E-state index contributed by atoms with van der Waals surface area (Å²) in [6.07, 6.45) is -2.29. The summed E-state index contributed by atoms with van der Waals surface area (Å²) < 4.78 is 18.6. The van der Waals surface area contributed by atoms with Crippen molar-refractivity contribution in [3.63, 3.8) is 0 Å². The summed E-state index contributed by atoms with van der Waals surface area (Å²) in [5.74, 6) is -2.12. The normalized spacial score (nSPS) is 12.0. The van der Waals surface area contributed by atoms with E-state index in [0.29, 0.717) is 4.47 Å². The number of esters is 1. The molecule has 1 rings (SSSR count). The van der Waals surface area contributed by atoms with Crippen LogP contribution >= 0.6 is 31.9 Å². The van der Waals surface area contributed by atoms with Crippen molar-refractivity contribution in [2.75, 3.05) is 7.11 Å². The highest BCUT2D eigenvalue weighted by atomic mass is 79.9. The Morgan fingerprint density at radius 1 is 1.38 bits per heavy atom. The van der Waals surface area contributed by atoms with Crippen molar-refractivity contribution in [3.05, 3.63) is 32.7 Å². The lowest BCUT2D eigenvalue weighted by molar-refractivity contribution is -0.144. The van der Waals surface area contributed by atoms with Gasteiger partial charge >= 0.3 is 5.97 Å². The molecule has 0 N–H and O–H groups in total. The number of hydrogen-bond acceptors (Lipinski definition) is 3. The SMILES string of the molecule is COC(=O)C(F)C(=O)c1ccc(Br)cc1Br. The highest BCUT2D eigenvalue weighted by Gasteiger charge is 2.29. The molecule has 0 aliphatic rings. The summed E-state index contributed by atoms with van der Waals surface area (Å²) in [5, 5.41) is 0. The average Bonchev–Trinajstić information content (AvgIpc) is 2.26. The molecule has 0 fully saturated rings. The Morgan fingerprint density at radius 3 is 2.50 bits per heavy atom. The number of alkyl halides is 1. The standard InChI is InChI=1S/C10H7Br2FO3/c1-16-10(15)8(13)9(14)6-3-2-5(11)4-7(6)12/h2-4,8H,1H3. The number of carbonyl (C=O) groups excluding carboxylic acids is 2. The van der Waals surface area contributed by atoms with E-state index in [4.69, 9.17) is 0 Å². The first-order valence-electron chi connectivity index (χ1n) is 4.18. The molecule has 0 spiro atoms. The number of carbonyl (C=O) groups is 2. The molecule has 0 heterocycles. The third-order valence-electron chi connectivity index (χ3n) is 1.83. The van der Waals surface area contributed by atoms with Crippen LogP contribution in [0.2, 0.25) is 0 Å². The smallest absolute Gasteiger partial charge is 0.348 e. The molecule has 0 amide bonds. The molecular weight excluding hydrogens is 347 g/mol. The first-order valence-corrected chi connectivity index (χ1v) is 5.77. The van der Waals surface area contributed by atoms with Gasteiger partial charge in [0.15, 0.2) is 0 Å². The second kappa shape index (κ2) is 5.54. The van der Waals surface area contributed by atoms with Crippen molar-refractivity contribution in [2.24, 2.45) is 0 Å². The highest BCUT2D eigenvalue weighted by molar-refractivity contribution is 9.11. The van der Waals surface area contributed by atoms with E-state index < -0.39 is 17.9 Å². The molecule has 1 aromatic rings. The third-order valence-corrected chi connectivity index (χ3v) is 2.98. The minimum Gasteiger partial charge on any atom is -0.467 e. The van der Waals surface area contributed by atoms with Gasteiger partial charge in [-0.05, 0) is 18.2 Å². The predicted octanol–water partition coefficient (Wildman–Crippen LogP) is 2.91. The molecular formula is C10H7Br2FO3. The van der Waals surface area contributed by atoms with E-state index >= 15 is 0 Å². The Kier molecular flexibility index (Phi) is 4.61. The quantitative estimate of drug-likeness (QED) is 0.476. The van der Waals surface area contributed by atoms with Crippen LogP contribution in [0.3, 0.4) is 0 Å². The molecule has 1 atom stereocenters. The van der Waals surface area contributed by atoms with Gasteiger partial charge in [0.05, 0.1) is 7.11 Å². The van der Waals surface area contributed by atoms with Crippen LogP contribution < -0.4 is 0 Å². The Morgan fingerprint density at radius 2 is 2.00 bits per heavy atom. The monoisotopic (exact) mass is 352 g/mol. The van der Waals surface area contributed by atoms with Gasteiger partial charge in [0.2, 0.25) is 5.78 Å². The van der Waals surface area contributed by atoms with Crippen LogP contribution in [0.25, 0.3) is 0 Å². The first-order chi connectivity index (χ1) is 7.47. The lowest BCUT2D eigenvalue weighted by Crippen LogP contribution is -2.27. The number of ketones is 1. The minimum absolute atomic E-state index is 0.0982. The molecule has 1 unspecified atom stereocenters. The summed E-state index contributed by atoms with van der Waals surface area (Å²) in [4.78, 5) is 22.4. The zero-order valence-electron chi connectivity index (χ0n) is 8.17. The van der Waals surface area contributed by atoms with Gasteiger partial charge in [0.25, 0.3) is 6.17 Å². The van der Waals surface area contributed by atoms with Crippen LogP contribution in [0, 0.1) is 0 Å². The van der Waals surface area contributed by atoms with Gasteiger partial charge in [-0.15, -0.1) is 0 Å². The minimum atomic E-state index is -2.29. The largest absolute Gasteiger partial charge is 0.467 e. The van der Waals surface area contributed by atoms with Crippen molar-refractivity contribution >= 4 is 43.6 Å². The van der Waals surface area contributed by atoms with E-state index in [1.54, 1.807) is 12.1 Å². The number of Topliss-reactive ketones (excluding diaryl/α,β-unsaturated/α-hetero) is 1. The fourth-order valence-electron chi connectivity index (χ4n) is 1.04. The maximum absolute atomic E-state index is 13.3. The van der Waals surface area contributed by atoms with Crippen LogP contribution in [0.1, 0.15) is 10.4 Å². The van der Waals surface area contributed by atoms with E-state index in [-0.39, 0.29) is 5.56 Å². The van der Waals surface area contributed by atoms with E-state index in [0.717, 1.165) is 11.6 Å². The van der Waals surface area contributed by atoms with Crippen LogP contribution in [-0.4, -0.2) is 25.0 Å². The molecule has 16 heavy (non-hydrogen) atoms. The molecule has 0 saturated heterocycles.